The first-order valence-corrected chi connectivity index (χ1v) is 4.53. The van der Waals surface area contributed by atoms with Crippen molar-refractivity contribution in [3.8, 4) is 5.75 Å². The van der Waals surface area contributed by atoms with Crippen LogP contribution in [0.4, 0.5) is 5.69 Å². The number of anilines is 1. The van der Waals surface area contributed by atoms with E-state index in [0.717, 1.165) is 17.0 Å². The Labute approximate surface area is 83.7 Å². The second kappa shape index (κ2) is 5.47. The minimum atomic E-state index is 0.0933. The van der Waals surface area contributed by atoms with E-state index < -0.39 is 0 Å². The van der Waals surface area contributed by atoms with Gasteiger partial charge in [0.05, 0.1) is 19.4 Å². The normalized spacial score (nSPS) is 9.93. The Hall–Kier alpha value is -1.26. The molecule has 0 heterocycles. The summed E-state index contributed by atoms with van der Waals surface area (Å²) in [7, 11) is 1.61. The van der Waals surface area contributed by atoms with Crippen LogP contribution in [0.3, 0.4) is 0 Å². The number of nitrogens with one attached hydrogen (secondary N) is 1. The van der Waals surface area contributed by atoms with Gasteiger partial charge in [0.25, 0.3) is 0 Å². The van der Waals surface area contributed by atoms with E-state index in [0.29, 0.717) is 13.1 Å². The summed E-state index contributed by atoms with van der Waals surface area (Å²) in [5, 5.41) is 11.7. The molecular weight excluding hydrogens is 180 g/mol. The van der Waals surface area contributed by atoms with Gasteiger partial charge in [-0.2, -0.15) is 0 Å². The highest BCUT2D eigenvalue weighted by molar-refractivity contribution is 5.58. The Balaban J connectivity index is 2.84. The van der Waals surface area contributed by atoms with Gasteiger partial charge in [0.1, 0.15) is 5.75 Å². The Morgan fingerprint density at radius 3 is 2.86 bits per heavy atom. The highest BCUT2D eigenvalue weighted by Gasteiger charge is 2.02. The largest absolute Gasteiger partial charge is 0.495 e. The molecule has 1 aromatic carbocycles. The van der Waals surface area contributed by atoms with Gasteiger partial charge in [-0.15, -0.1) is 0 Å². The van der Waals surface area contributed by atoms with Crippen LogP contribution in [0.1, 0.15) is 5.56 Å². The van der Waals surface area contributed by atoms with E-state index >= 15 is 0 Å². The molecule has 78 valence electrons. The van der Waals surface area contributed by atoms with Gasteiger partial charge in [-0.25, -0.2) is 0 Å². The maximum atomic E-state index is 8.69. The summed E-state index contributed by atoms with van der Waals surface area (Å²) in [6, 6.07) is 5.71. The zero-order valence-corrected chi connectivity index (χ0v) is 8.29. The fourth-order valence-electron chi connectivity index (χ4n) is 1.21. The van der Waals surface area contributed by atoms with Gasteiger partial charge >= 0.3 is 0 Å². The van der Waals surface area contributed by atoms with Gasteiger partial charge in [0.15, 0.2) is 0 Å². The summed E-state index contributed by atoms with van der Waals surface area (Å²) in [4.78, 5) is 0. The molecular formula is C10H16N2O2. The zero-order chi connectivity index (χ0) is 10.4. The fraction of sp³-hybridized carbons (Fsp3) is 0.400. The molecule has 0 fully saturated rings. The molecule has 4 nitrogen and oxygen atoms in total. The molecule has 0 bridgehead atoms. The van der Waals surface area contributed by atoms with Crippen LogP contribution in [0.15, 0.2) is 18.2 Å². The van der Waals surface area contributed by atoms with Gasteiger partial charge in [-0.05, 0) is 17.7 Å². The number of hydrogen-bond donors (Lipinski definition) is 3. The van der Waals surface area contributed by atoms with Crippen molar-refractivity contribution in [1.29, 1.82) is 0 Å². The second-order valence-electron chi connectivity index (χ2n) is 2.89. The number of aliphatic hydroxyl groups excluding tert-OH is 1. The van der Waals surface area contributed by atoms with Gasteiger partial charge in [-0.3, -0.25) is 0 Å². The third kappa shape index (κ3) is 2.61. The Kier molecular flexibility index (Phi) is 4.22. The molecule has 0 aliphatic carbocycles. The third-order valence-electron chi connectivity index (χ3n) is 1.93. The third-order valence-corrected chi connectivity index (χ3v) is 1.93. The molecule has 4 N–H and O–H groups in total. The zero-order valence-electron chi connectivity index (χ0n) is 8.29. The molecule has 0 unspecified atom stereocenters. The van der Waals surface area contributed by atoms with Crippen LogP contribution in [0, 0.1) is 0 Å². The fourth-order valence-corrected chi connectivity index (χ4v) is 1.21. The monoisotopic (exact) mass is 196 g/mol. The van der Waals surface area contributed by atoms with Crippen molar-refractivity contribution < 1.29 is 9.84 Å². The van der Waals surface area contributed by atoms with E-state index in [1.807, 2.05) is 18.2 Å². The summed E-state index contributed by atoms with van der Waals surface area (Å²) in [5.74, 6) is 0.760. The first-order valence-electron chi connectivity index (χ1n) is 4.53. The smallest absolute Gasteiger partial charge is 0.141 e. The van der Waals surface area contributed by atoms with Crippen LogP contribution in [0.25, 0.3) is 0 Å². The molecule has 0 aliphatic rings. The molecule has 0 spiro atoms. The summed E-state index contributed by atoms with van der Waals surface area (Å²) >= 11 is 0. The quantitative estimate of drug-likeness (QED) is 0.643. The Morgan fingerprint density at radius 2 is 2.29 bits per heavy atom. The SMILES string of the molecule is COc1ccc(CN)cc1NCCO. The van der Waals surface area contributed by atoms with Crippen LogP contribution < -0.4 is 15.8 Å². The molecule has 0 saturated heterocycles. The highest BCUT2D eigenvalue weighted by Crippen LogP contribution is 2.24. The van der Waals surface area contributed by atoms with Gasteiger partial charge in [0, 0.05) is 13.1 Å². The number of ether oxygens (including phenoxy) is 1. The van der Waals surface area contributed by atoms with Gasteiger partial charge in [-0.1, -0.05) is 6.07 Å². The summed E-state index contributed by atoms with van der Waals surface area (Å²) in [5.41, 5.74) is 7.42. The number of benzene rings is 1. The lowest BCUT2D eigenvalue weighted by Crippen LogP contribution is -2.07. The van der Waals surface area contributed by atoms with Crippen molar-refractivity contribution in [3.63, 3.8) is 0 Å². The number of nitrogens with two attached hydrogens (primary N) is 1. The maximum Gasteiger partial charge on any atom is 0.141 e. The maximum absolute atomic E-state index is 8.69. The van der Waals surface area contributed by atoms with E-state index in [9.17, 15) is 0 Å². The minimum absolute atomic E-state index is 0.0933. The summed E-state index contributed by atoms with van der Waals surface area (Å²) in [6.07, 6.45) is 0. The van der Waals surface area contributed by atoms with E-state index in [-0.39, 0.29) is 6.61 Å². The van der Waals surface area contributed by atoms with E-state index in [1.54, 1.807) is 7.11 Å². The molecule has 0 amide bonds. The number of aliphatic hydroxyl groups is 1. The number of rotatable bonds is 5. The molecule has 1 aromatic rings. The van der Waals surface area contributed by atoms with Gasteiger partial charge in [0.2, 0.25) is 0 Å². The topological polar surface area (TPSA) is 67.5 Å². The lowest BCUT2D eigenvalue weighted by Gasteiger charge is -2.11. The van der Waals surface area contributed by atoms with E-state index in [4.69, 9.17) is 15.6 Å². The average Bonchev–Trinajstić information content (AvgIpc) is 2.25. The highest BCUT2D eigenvalue weighted by atomic mass is 16.5. The van der Waals surface area contributed by atoms with E-state index in [2.05, 4.69) is 5.32 Å². The molecule has 0 saturated carbocycles. The van der Waals surface area contributed by atoms with Crippen LogP contribution in [0.5, 0.6) is 5.75 Å². The molecule has 0 aromatic heterocycles. The molecule has 0 atom stereocenters. The minimum Gasteiger partial charge on any atom is -0.495 e. The van der Waals surface area contributed by atoms with Crippen LogP contribution in [-0.2, 0) is 6.54 Å². The Bertz CT molecular complexity index is 289. The van der Waals surface area contributed by atoms with Crippen LogP contribution in [-0.4, -0.2) is 25.4 Å². The lowest BCUT2D eigenvalue weighted by atomic mass is 10.2. The number of methoxy groups -OCH3 is 1. The van der Waals surface area contributed by atoms with Crippen molar-refractivity contribution in [2.45, 2.75) is 6.54 Å². The standard InChI is InChI=1S/C10H16N2O2/c1-14-10-3-2-8(7-11)6-9(10)12-4-5-13/h2-3,6,12-13H,4-5,7,11H2,1H3. The van der Waals surface area contributed by atoms with Crippen molar-refractivity contribution in [2.75, 3.05) is 25.6 Å². The molecule has 14 heavy (non-hydrogen) atoms. The van der Waals surface area contributed by atoms with E-state index in [1.165, 1.54) is 0 Å². The first-order chi connectivity index (χ1) is 6.81. The van der Waals surface area contributed by atoms with Crippen molar-refractivity contribution in [3.05, 3.63) is 23.8 Å². The van der Waals surface area contributed by atoms with Crippen molar-refractivity contribution in [2.24, 2.45) is 5.73 Å². The molecule has 1 rings (SSSR count). The lowest BCUT2D eigenvalue weighted by molar-refractivity contribution is 0.311. The predicted octanol–water partition coefficient (Wildman–Crippen LogP) is 0.558. The van der Waals surface area contributed by atoms with Crippen molar-refractivity contribution in [1.82, 2.24) is 0 Å². The van der Waals surface area contributed by atoms with Gasteiger partial charge < -0.3 is 20.9 Å². The molecule has 4 heteroatoms. The Morgan fingerprint density at radius 1 is 1.50 bits per heavy atom. The number of hydrogen-bond acceptors (Lipinski definition) is 4. The van der Waals surface area contributed by atoms with Crippen LogP contribution >= 0.6 is 0 Å². The first kappa shape index (κ1) is 10.8. The van der Waals surface area contributed by atoms with Crippen LogP contribution in [0.2, 0.25) is 0 Å². The summed E-state index contributed by atoms with van der Waals surface area (Å²) < 4.78 is 5.16. The van der Waals surface area contributed by atoms with Crippen molar-refractivity contribution >= 4 is 5.69 Å². The molecule has 0 radical (unpaired) electrons. The average molecular weight is 196 g/mol. The summed E-state index contributed by atoms with van der Waals surface area (Å²) in [6.45, 7) is 1.10. The predicted molar refractivity (Wildman–Crippen MR) is 56.5 cm³/mol. The molecule has 0 aliphatic heterocycles. The second-order valence-corrected chi connectivity index (χ2v) is 2.89.